The number of fused-ring (bicyclic) bond motifs is 1. The van der Waals surface area contributed by atoms with Gasteiger partial charge in [0.1, 0.15) is 0 Å². The minimum absolute atomic E-state index is 1.13. The number of nitrogens with zero attached hydrogens (tertiary/aromatic N) is 2. The average molecular weight is 327 g/mol. The molecule has 1 saturated heterocycles. The number of para-hydroxylation sites is 1. The number of unbranched alkanes of at least 4 members (excludes halogenated alkanes) is 5. The van der Waals surface area contributed by atoms with Gasteiger partial charge >= 0.3 is 0 Å². The number of hydrogen-bond acceptors (Lipinski definition) is 1. The first kappa shape index (κ1) is 17.5. The fourth-order valence-corrected chi connectivity index (χ4v) is 4.05. The molecule has 0 atom stereocenters. The SMILES string of the molecule is CCCCCCCCn1cc(CN2CCCCC2)c2ccccc21. The zero-order valence-corrected chi connectivity index (χ0v) is 15.5. The predicted octanol–water partition coefficient (Wildman–Crippen LogP) is 5.99. The normalized spacial score (nSPS) is 16.0. The van der Waals surface area contributed by atoms with Crippen LogP contribution in [0, 0.1) is 0 Å². The summed E-state index contributed by atoms with van der Waals surface area (Å²) in [4.78, 5) is 2.64. The molecule has 2 nitrogen and oxygen atoms in total. The topological polar surface area (TPSA) is 8.17 Å². The molecule has 0 saturated carbocycles. The van der Waals surface area contributed by atoms with E-state index < -0.39 is 0 Å². The van der Waals surface area contributed by atoms with Crippen molar-refractivity contribution >= 4 is 10.9 Å². The molecule has 0 spiro atoms. The van der Waals surface area contributed by atoms with Crippen molar-refractivity contribution in [3.63, 3.8) is 0 Å². The maximum Gasteiger partial charge on any atom is 0.0483 e. The van der Waals surface area contributed by atoms with Crippen molar-refractivity contribution in [1.82, 2.24) is 9.47 Å². The van der Waals surface area contributed by atoms with Crippen LogP contribution in [0.4, 0.5) is 0 Å². The Morgan fingerprint density at radius 1 is 0.875 bits per heavy atom. The molecule has 0 unspecified atom stereocenters. The molecule has 0 radical (unpaired) electrons. The van der Waals surface area contributed by atoms with E-state index in [0.29, 0.717) is 0 Å². The summed E-state index contributed by atoms with van der Waals surface area (Å²) in [5.41, 5.74) is 2.96. The summed E-state index contributed by atoms with van der Waals surface area (Å²) in [5.74, 6) is 0. The molecule has 0 N–H and O–H groups in total. The largest absolute Gasteiger partial charge is 0.347 e. The molecule has 2 heteroatoms. The molecule has 0 aliphatic carbocycles. The van der Waals surface area contributed by atoms with Crippen molar-refractivity contribution in [3.05, 3.63) is 36.0 Å². The monoisotopic (exact) mass is 326 g/mol. The fourth-order valence-electron chi connectivity index (χ4n) is 4.05. The summed E-state index contributed by atoms with van der Waals surface area (Å²) < 4.78 is 2.51. The Morgan fingerprint density at radius 2 is 1.62 bits per heavy atom. The van der Waals surface area contributed by atoms with Crippen molar-refractivity contribution in [1.29, 1.82) is 0 Å². The van der Waals surface area contributed by atoms with Gasteiger partial charge in [-0.15, -0.1) is 0 Å². The second kappa shape index (κ2) is 9.27. The van der Waals surface area contributed by atoms with Gasteiger partial charge in [-0.2, -0.15) is 0 Å². The van der Waals surface area contributed by atoms with Crippen LogP contribution in [-0.2, 0) is 13.1 Å². The van der Waals surface area contributed by atoms with Gasteiger partial charge in [0.25, 0.3) is 0 Å². The molecule has 0 bridgehead atoms. The van der Waals surface area contributed by atoms with Crippen LogP contribution in [0.3, 0.4) is 0 Å². The lowest BCUT2D eigenvalue weighted by atomic mass is 10.1. The van der Waals surface area contributed by atoms with Gasteiger partial charge in [0.2, 0.25) is 0 Å². The molecule has 132 valence electrons. The molecule has 0 amide bonds. The minimum atomic E-state index is 1.13. The molecule has 1 fully saturated rings. The number of aromatic nitrogens is 1. The lowest BCUT2D eigenvalue weighted by Gasteiger charge is -2.26. The van der Waals surface area contributed by atoms with Crippen LogP contribution in [0.5, 0.6) is 0 Å². The number of likely N-dealkylation sites (tertiary alicyclic amines) is 1. The van der Waals surface area contributed by atoms with Gasteiger partial charge in [0, 0.05) is 30.2 Å². The molecule has 2 heterocycles. The van der Waals surface area contributed by atoms with E-state index in [4.69, 9.17) is 0 Å². The number of rotatable bonds is 9. The van der Waals surface area contributed by atoms with E-state index in [1.165, 1.54) is 93.9 Å². The Hall–Kier alpha value is -1.28. The summed E-state index contributed by atoms with van der Waals surface area (Å²) in [6, 6.07) is 8.99. The number of hydrogen-bond donors (Lipinski definition) is 0. The van der Waals surface area contributed by atoms with E-state index in [0.717, 1.165) is 6.54 Å². The van der Waals surface area contributed by atoms with Crippen LogP contribution in [0.15, 0.2) is 30.5 Å². The van der Waals surface area contributed by atoms with E-state index in [1.54, 1.807) is 0 Å². The maximum absolute atomic E-state index is 2.64. The third-order valence-electron chi connectivity index (χ3n) is 5.47. The zero-order valence-electron chi connectivity index (χ0n) is 15.5. The molecular weight excluding hydrogens is 292 g/mol. The smallest absolute Gasteiger partial charge is 0.0483 e. The number of benzene rings is 1. The van der Waals surface area contributed by atoms with Crippen molar-refractivity contribution < 1.29 is 0 Å². The van der Waals surface area contributed by atoms with Crippen molar-refractivity contribution in [2.24, 2.45) is 0 Å². The van der Waals surface area contributed by atoms with Crippen LogP contribution in [-0.4, -0.2) is 22.6 Å². The van der Waals surface area contributed by atoms with E-state index in [9.17, 15) is 0 Å². The molecule has 2 aromatic rings. The van der Waals surface area contributed by atoms with Gasteiger partial charge in [-0.3, -0.25) is 4.90 Å². The highest BCUT2D eigenvalue weighted by atomic mass is 15.1. The van der Waals surface area contributed by atoms with E-state index in [-0.39, 0.29) is 0 Å². The number of piperidine rings is 1. The first-order chi connectivity index (χ1) is 11.9. The second-order valence-corrected chi connectivity index (χ2v) is 7.47. The third kappa shape index (κ3) is 4.63. The highest BCUT2D eigenvalue weighted by Crippen LogP contribution is 2.24. The van der Waals surface area contributed by atoms with Crippen LogP contribution in [0.25, 0.3) is 10.9 Å². The van der Waals surface area contributed by atoms with Gasteiger partial charge in [0.05, 0.1) is 0 Å². The summed E-state index contributed by atoms with van der Waals surface area (Å²) in [6.45, 7) is 7.14. The lowest BCUT2D eigenvalue weighted by molar-refractivity contribution is 0.221. The van der Waals surface area contributed by atoms with Gasteiger partial charge in [0.15, 0.2) is 0 Å². The fraction of sp³-hybridized carbons (Fsp3) is 0.636. The second-order valence-electron chi connectivity index (χ2n) is 7.47. The Labute approximate surface area is 147 Å². The van der Waals surface area contributed by atoms with Crippen molar-refractivity contribution in [2.75, 3.05) is 13.1 Å². The van der Waals surface area contributed by atoms with Crippen molar-refractivity contribution in [2.45, 2.75) is 77.8 Å². The summed E-state index contributed by atoms with van der Waals surface area (Å²) in [5, 5.41) is 1.47. The van der Waals surface area contributed by atoms with Crippen molar-refractivity contribution in [3.8, 4) is 0 Å². The predicted molar refractivity (Wildman–Crippen MR) is 104 cm³/mol. The Morgan fingerprint density at radius 3 is 2.46 bits per heavy atom. The van der Waals surface area contributed by atoms with Crippen LogP contribution in [0.1, 0.15) is 70.3 Å². The standard InChI is InChI=1S/C22H34N2/c1-2-3-4-5-6-12-17-24-19-20(18-23-15-10-7-11-16-23)21-13-8-9-14-22(21)24/h8-9,13-14,19H,2-7,10-12,15-18H2,1H3. The van der Waals surface area contributed by atoms with E-state index >= 15 is 0 Å². The molecule has 1 aromatic heterocycles. The molecular formula is C22H34N2. The van der Waals surface area contributed by atoms with E-state index in [2.05, 4.69) is 46.9 Å². The van der Waals surface area contributed by atoms with Gasteiger partial charge < -0.3 is 4.57 Å². The molecule has 24 heavy (non-hydrogen) atoms. The molecule has 3 rings (SSSR count). The maximum atomic E-state index is 2.64. The molecule has 1 aromatic carbocycles. The Balaban J connectivity index is 1.62. The van der Waals surface area contributed by atoms with Crippen LogP contribution in [0.2, 0.25) is 0 Å². The summed E-state index contributed by atoms with van der Waals surface area (Å²) in [7, 11) is 0. The highest BCUT2D eigenvalue weighted by molar-refractivity contribution is 5.83. The highest BCUT2D eigenvalue weighted by Gasteiger charge is 2.14. The van der Waals surface area contributed by atoms with Gasteiger partial charge in [-0.1, -0.05) is 63.6 Å². The quantitative estimate of drug-likeness (QED) is 0.514. The summed E-state index contributed by atoms with van der Waals surface area (Å²) >= 11 is 0. The van der Waals surface area contributed by atoms with Crippen LogP contribution < -0.4 is 0 Å². The summed E-state index contributed by atoms with van der Waals surface area (Å²) in [6.07, 6.45) is 14.8. The third-order valence-corrected chi connectivity index (χ3v) is 5.47. The number of aryl methyl sites for hydroxylation is 1. The van der Waals surface area contributed by atoms with Gasteiger partial charge in [-0.05, 0) is 44.0 Å². The Kier molecular flexibility index (Phi) is 6.77. The first-order valence-corrected chi connectivity index (χ1v) is 10.2. The Bertz CT molecular complexity index is 607. The van der Waals surface area contributed by atoms with E-state index in [1.807, 2.05) is 0 Å². The van der Waals surface area contributed by atoms with Gasteiger partial charge in [-0.25, -0.2) is 0 Å². The zero-order chi connectivity index (χ0) is 16.6. The minimum Gasteiger partial charge on any atom is -0.347 e. The van der Waals surface area contributed by atoms with Crippen LogP contribution >= 0.6 is 0 Å². The molecule has 1 aliphatic rings. The average Bonchev–Trinajstić information content (AvgIpc) is 2.97. The lowest BCUT2D eigenvalue weighted by Crippen LogP contribution is -2.28. The first-order valence-electron chi connectivity index (χ1n) is 10.2. The molecule has 1 aliphatic heterocycles.